The first-order valence-corrected chi connectivity index (χ1v) is 8.50. The summed E-state index contributed by atoms with van der Waals surface area (Å²) in [6, 6.07) is 5.80. The Morgan fingerprint density at radius 2 is 1.93 bits per heavy atom. The molecule has 0 fully saturated rings. The molecule has 1 aromatic heterocycles. The number of benzene rings is 1. The zero-order chi connectivity index (χ0) is 21.8. The first-order valence-electron chi connectivity index (χ1n) is 8.13. The third-order valence-electron chi connectivity index (χ3n) is 3.71. The fraction of sp³-hybridized carbons (Fsp3) is 0.278. The zero-order valence-corrected chi connectivity index (χ0v) is 16.0. The maximum atomic E-state index is 12.7. The number of hydrogen-bond acceptors (Lipinski definition) is 5. The average molecular weight is 433 g/mol. The summed E-state index contributed by atoms with van der Waals surface area (Å²) in [4.78, 5) is 35.9. The van der Waals surface area contributed by atoms with E-state index in [1.165, 1.54) is 26.2 Å². The van der Waals surface area contributed by atoms with Gasteiger partial charge in [-0.1, -0.05) is 11.6 Å². The Morgan fingerprint density at radius 1 is 1.24 bits per heavy atom. The van der Waals surface area contributed by atoms with E-state index in [-0.39, 0.29) is 5.69 Å². The van der Waals surface area contributed by atoms with Crippen LogP contribution in [0.5, 0.6) is 5.75 Å². The van der Waals surface area contributed by atoms with Crippen LogP contribution in [0.3, 0.4) is 0 Å². The number of anilines is 1. The molecule has 1 aromatic carbocycles. The highest BCUT2D eigenvalue weighted by atomic mass is 35.5. The van der Waals surface area contributed by atoms with E-state index in [2.05, 4.69) is 5.32 Å². The topological polar surface area (TPSA) is 86.6 Å². The molecule has 0 bridgehead atoms. The molecule has 156 valence electrons. The van der Waals surface area contributed by atoms with Gasteiger partial charge in [0.2, 0.25) is 0 Å². The van der Waals surface area contributed by atoms with Crippen molar-refractivity contribution in [3.63, 3.8) is 0 Å². The molecule has 0 aliphatic carbocycles. The third kappa shape index (κ3) is 5.98. The van der Waals surface area contributed by atoms with Crippen LogP contribution in [0.15, 0.2) is 41.3 Å². The molecule has 1 heterocycles. The minimum absolute atomic E-state index is 0.238. The van der Waals surface area contributed by atoms with Gasteiger partial charge >= 0.3 is 12.1 Å². The molecule has 1 atom stereocenters. The molecule has 2 rings (SSSR count). The maximum Gasteiger partial charge on any atom is 0.417 e. The molecule has 0 radical (unpaired) electrons. The maximum absolute atomic E-state index is 12.7. The van der Waals surface area contributed by atoms with E-state index in [4.69, 9.17) is 21.1 Å². The Morgan fingerprint density at radius 3 is 2.55 bits per heavy atom. The van der Waals surface area contributed by atoms with Crippen molar-refractivity contribution in [1.29, 1.82) is 0 Å². The number of halogens is 4. The molecule has 29 heavy (non-hydrogen) atoms. The number of rotatable bonds is 6. The molecular weight excluding hydrogens is 417 g/mol. The Bertz CT molecular complexity index is 975. The molecule has 0 saturated heterocycles. The lowest BCUT2D eigenvalue weighted by Gasteiger charge is -2.16. The van der Waals surface area contributed by atoms with Gasteiger partial charge in [-0.3, -0.25) is 14.4 Å². The molecule has 0 aliphatic rings. The van der Waals surface area contributed by atoms with Crippen molar-refractivity contribution in [2.75, 3.05) is 12.4 Å². The molecule has 1 N–H and O–H groups in total. The number of nitrogens with zero attached hydrogens (tertiary/aromatic N) is 1. The molecule has 0 aliphatic heterocycles. The standard InChI is InChI=1S/C18H16ClF3N2O5/c1-10(17(27)23-13-7-12(19)4-5-14(13)28-2)29-16(26)9-24-8-11(18(20,21)22)3-6-15(24)25/h3-8,10H,9H2,1-2H3,(H,23,27)/t10-/m1/s1. The van der Waals surface area contributed by atoms with Gasteiger partial charge in [-0.25, -0.2) is 0 Å². The first kappa shape index (κ1) is 22.3. The van der Waals surface area contributed by atoms with Crippen LogP contribution in [-0.4, -0.2) is 29.7 Å². The van der Waals surface area contributed by atoms with Crippen molar-refractivity contribution in [3.05, 3.63) is 57.5 Å². The number of aromatic nitrogens is 1. The predicted molar refractivity (Wildman–Crippen MR) is 97.9 cm³/mol. The monoisotopic (exact) mass is 432 g/mol. The highest BCUT2D eigenvalue weighted by Crippen LogP contribution is 2.28. The number of hydrogen-bond donors (Lipinski definition) is 1. The summed E-state index contributed by atoms with van der Waals surface area (Å²) in [6.45, 7) is 0.472. The van der Waals surface area contributed by atoms with E-state index in [1.807, 2.05) is 0 Å². The SMILES string of the molecule is COc1ccc(Cl)cc1NC(=O)[C@@H](C)OC(=O)Cn1cc(C(F)(F)F)ccc1=O. The summed E-state index contributed by atoms with van der Waals surface area (Å²) in [5.41, 5.74) is -1.68. The van der Waals surface area contributed by atoms with Gasteiger partial charge in [0.1, 0.15) is 12.3 Å². The number of methoxy groups -OCH3 is 1. The molecule has 11 heteroatoms. The Labute approximate surface area is 168 Å². The number of amides is 1. The number of carbonyl (C=O) groups excluding carboxylic acids is 2. The number of alkyl halides is 3. The van der Waals surface area contributed by atoms with Gasteiger partial charge in [0.15, 0.2) is 6.10 Å². The Balaban J connectivity index is 2.05. The van der Waals surface area contributed by atoms with E-state index in [0.29, 0.717) is 33.7 Å². The minimum atomic E-state index is -4.68. The van der Waals surface area contributed by atoms with Crippen molar-refractivity contribution in [1.82, 2.24) is 4.57 Å². The van der Waals surface area contributed by atoms with Crippen LogP contribution in [0.25, 0.3) is 0 Å². The summed E-state index contributed by atoms with van der Waals surface area (Å²) in [5.74, 6) is -1.47. The fourth-order valence-corrected chi connectivity index (χ4v) is 2.43. The van der Waals surface area contributed by atoms with E-state index in [1.54, 1.807) is 6.07 Å². The smallest absolute Gasteiger partial charge is 0.417 e. The molecule has 0 saturated carbocycles. The molecule has 0 unspecified atom stereocenters. The quantitative estimate of drug-likeness (QED) is 0.709. The minimum Gasteiger partial charge on any atom is -0.495 e. The number of pyridine rings is 1. The van der Waals surface area contributed by atoms with Crippen molar-refractivity contribution >= 4 is 29.2 Å². The van der Waals surface area contributed by atoms with Crippen molar-refractivity contribution in [2.24, 2.45) is 0 Å². The van der Waals surface area contributed by atoms with E-state index >= 15 is 0 Å². The molecule has 0 spiro atoms. The molecule has 7 nitrogen and oxygen atoms in total. The van der Waals surface area contributed by atoms with Gasteiger partial charge in [-0.05, 0) is 31.2 Å². The van der Waals surface area contributed by atoms with Crippen LogP contribution in [-0.2, 0) is 27.0 Å². The van der Waals surface area contributed by atoms with E-state index in [0.717, 1.165) is 0 Å². The zero-order valence-electron chi connectivity index (χ0n) is 15.2. The second kappa shape index (κ2) is 8.99. The first-order chi connectivity index (χ1) is 13.5. The van der Waals surface area contributed by atoms with Crippen molar-refractivity contribution in [2.45, 2.75) is 25.7 Å². The lowest BCUT2D eigenvalue weighted by atomic mass is 10.2. The van der Waals surface area contributed by atoms with Gasteiger partial charge in [0.05, 0.1) is 18.4 Å². The summed E-state index contributed by atoms with van der Waals surface area (Å²) >= 11 is 5.87. The van der Waals surface area contributed by atoms with Crippen LogP contribution in [0.2, 0.25) is 5.02 Å². The highest BCUT2D eigenvalue weighted by Gasteiger charge is 2.31. The largest absolute Gasteiger partial charge is 0.495 e. The van der Waals surface area contributed by atoms with Crippen molar-refractivity contribution < 1.29 is 32.2 Å². The average Bonchev–Trinajstić information content (AvgIpc) is 2.62. The lowest BCUT2D eigenvalue weighted by molar-refractivity contribution is -0.154. The van der Waals surface area contributed by atoms with Crippen LogP contribution < -0.4 is 15.6 Å². The van der Waals surface area contributed by atoms with Gasteiger partial charge < -0.3 is 19.4 Å². The molecule has 2 aromatic rings. The second-order valence-electron chi connectivity index (χ2n) is 5.85. The molecule has 1 amide bonds. The van der Waals surface area contributed by atoms with Gasteiger partial charge in [-0.15, -0.1) is 0 Å². The third-order valence-corrected chi connectivity index (χ3v) is 3.94. The van der Waals surface area contributed by atoms with Crippen LogP contribution in [0, 0.1) is 0 Å². The summed E-state index contributed by atoms with van der Waals surface area (Å²) in [7, 11) is 1.38. The Kier molecular flexibility index (Phi) is 6.91. The van der Waals surface area contributed by atoms with Crippen LogP contribution in [0.4, 0.5) is 18.9 Å². The van der Waals surface area contributed by atoms with E-state index in [9.17, 15) is 27.6 Å². The van der Waals surface area contributed by atoms with Crippen LogP contribution >= 0.6 is 11.6 Å². The Hall–Kier alpha value is -3.01. The van der Waals surface area contributed by atoms with Gasteiger partial charge in [0.25, 0.3) is 11.5 Å². The predicted octanol–water partition coefficient (Wildman–Crippen LogP) is 3.10. The van der Waals surface area contributed by atoms with Gasteiger partial charge in [0, 0.05) is 17.3 Å². The summed E-state index contributed by atoms with van der Waals surface area (Å²) in [5, 5.41) is 2.80. The van der Waals surface area contributed by atoms with Gasteiger partial charge in [-0.2, -0.15) is 13.2 Å². The summed E-state index contributed by atoms with van der Waals surface area (Å²) in [6.07, 6.45) is -5.47. The summed E-state index contributed by atoms with van der Waals surface area (Å²) < 4.78 is 48.8. The molecular formula is C18H16ClF3N2O5. The van der Waals surface area contributed by atoms with E-state index < -0.39 is 41.8 Å². The lowest BCUT2D eigenvalue weighted by Crippen LogP contribution is -2.33. The number of nitrogens with one attached hydrogen (secondary N) is 1. The normalized spacial score (nSPS) is 12.2. The number of carbonyl (C=O) groups is 2. The number of ether oxygens (including phenoxy) is 2. The second-order valence-corrected chi connectivity index (χ2v) is 6.28. The van der Waals surface area contributed by atoms with Crippen molar-refractivity contribution in [3.8, 4) is 5.75 Å². The fourth-order valence-electron chi connectivity index (χ4n) is 2.26. The number of esters is 1. The highest BCUT2D eigenvalue weighted by molar-refractivity contribution is 6.31. The van der Waals surface area contributed by atoms with Crippen LogP contribution in [0.1, 0.15) is 12.5 Å².